The molecule has 9 heteroatoms. The van der Waals surface area contributed by atoms with Crippen molar-refractivity contribution in [2.24, 2.45) is 10.1 Å². The molecule has 8 nitrogen and oxygen atoms in total. The highest BCUT2D eigenvalue weighted by Crippen LogP contribution is 2.31. The first-order valence-electron chi connectivity index (χ1n) is 9.61. The minimum atomic E-state index is -0.439. The molecule has 5 rings (SSSR count). The van der Waals surface area contributed by atoms with E-state index in [1.165, 1.54) is 16.8 Å². The maximum Gasteiger partial charge on any atom is 0.283 e. The molecular formula is C22H18N6O2S. The normalized spacial score (nSPS) is 17.2. The first-order chi connectivity index (χ1) is 15.0. The molecule has 0 fully saturated rings. The minimum absolute atomic E-state index is 0.0161. The molecule has 31 heavy (non-hydrogen) atoms. The molecule has 1 N–H and O–H groups in total. The summed E-state index contributed by atoms with van der Waals surface area (Å²) in [6, 6.07) is 9.45. The van der Waals surface area contributed by atoms with Crippen LogP contribution in [-0.4, -0.2) is 36.5 Å². The van der Waals surface area contributed by atoms with Crippen molar-refractivity contribution >= 4 is 39.8 Å². The summed E-state index contributed by atoms with van der Waals surface area (Å²) >= 11 is 1.27. The van der Waals surface area contributed by atoms with Gasteiger partial charge in [-0.15, -0.1) is 0 Å². The van der Waals surface area contributed by atoms with Crippen LogP contribution in [-0.2, 0) is 11.3 Å². The van der Waals surface area contributed by atoms with Gasteiger partial charge in [0.25, 0.3) is 5.91 Å². The fraction of sp³-hybridized carbons (Fsp3) is 0.136. The SMILES string of the molecule is Cc1cc(/C=C2/C(=N)N3N=C(c4ccncc4)SC3=NC2=O)c(C)n1Cc1ccco1. The number of thioether (sulfide) groups is 1. The summed E-state index contributed by atoms with van der Waals surface area (Å²) < 4.78 is 7.58. The number of amidine groups is 2. The van der Waals surface area contributed by atoms with Gasteiger partial charge in [0.2, 0.25) is 5.17 Å². The van der Waals surface area contributed by atoms with Gasteiger partial charge in [-0.3, -0.25) is 15.2 Å². The molecule has 0 unspecified atom stereocenters. The third kappa shape index (κ3) is 3.42. The Bertz CT molecular complexity index is 1290. The number of aromatic nitrogens is 2. The van der Waals surface area contributed by atoms with Gasteiger partial charge in [-0.05, 0) is 67.6 Å². The van der Waals surface area contributed by atoms with Gasteiger partial charge in [0, 0.05) is 29.3 Å². The summed E-state index contributed by atoms with van der Waals surface area (Å²) in [7, 11) is 0. The van der Waals surface area contributed by atoms with Crippen LogP contribution in [0.15, 0.2) is 69.1 Å². The Kier molecular flexibility index (Phi) is 4.67. The molecule has 2 aliphatic rings. The van der Waals surface area contributed by atoms with E-state index in [1.54, 1.807) is 24.7 Å². The van der Waals surface area contributed by atoms with Crippen LogP contribution in [0.4, 0.5) is 0 Å². The van der Waals surface area contributed by atoms with Crippen LogP contribution in [0.2, 0.25) is 0 Å². The highest BCUT2D eigenvalue weighted by atomic mass is 32.2. The average molecular weight is 430 g/mol. The number of pyridine rings is 1. The molecule has 1 amide bonds. The minimum Gasteiger partial charge on any atom is -0.467 e. The molecule has 0 aliphatic carbocycles. The second-order valence-electron chi connectivity index (χ2n) is 7.15. The van der Waals surface area contributed by atoms with Gasteiger partial charge < -0.3 is 8.98 Å². The van der Waals surface area contributed by atoms with E-state index in [4.69, 9.17) is 9.83 Å². The second kappa shape index (κ2) is 7.51. The number of hydrogen-bond donors (Lipinski definition) is 1. The van der Waals surface area contributed by atoms with E-state index in [2.05, 4.69) is 19.6 Å². The lowest BCUT2D eigenvalue weighted by molar-refractivity contribution is -0.114. The van der Waals surface area contributed by atoms with E-state index in [0.29, 0.717) is 16.8 Å². The zero-order valence-corrected chi connectivity index (χ0v) is 17.7. The van der Waals surface area contributed by atoms with Gasteiger partial charge in [0.1, 0.15) is 10.8 Å². The largest absolute Gasteiger partial charge is 0.467 e. The number of hydrazone groups is 1. The summed E-state index contributed by atoms with van der Waals surface area (Å²) in [5, 5.41) is 15.6. The number of nitrogens with one attached hydrogen (secondary N) is 1. The predicted octanol–water partition coefficient (Wildman–Crippen LogP) is 3.81. The second-order valence-corrected chi connectivity index (χ2v) is 8.11. The molecule has 2 aliphatic heterocycles. The summed E-state index contributed by atoms with van der Waals surface area (Å²) in [6.07, 6.45) is 6.73. The Morgan fingerprint density at radius 1 is 1.23 bits per heavy atom. The van der Waals surface area contributed by atoms with E-state index in [1.807, 2.05) is 44.2 Å². The molecule has 0 saturated heterocycles. The number of hydrogen-bond acceptors (Lipinski definition) is 6. The summed E-state index contributed by atoms with van der Waals surface area (Å²) in [6.45, 7) is 4.59. The number of carbonyl (C=O) groups excluding carboxylic acids is 1. The Balaban J connectivity index is 1.47. The number of aryl methyl sites for hydroxylation is 1. The van der Waals surface area contributed by atoms with E-state index in [0.717, 1.165) is 28.3 Å². The third-order valence-electron chi connectivity index (χ3n) is 5.19. The molecule has 3 aromatic heterocycles. The molecule has 154 valence electrons. The molecule has 0 bridgehead atoms. The van der Waals surface area contributed by atoms with Gasteiger partial charge in [0.15, 0.2) is 5.84 Å². The van der Waals surface area contributed by atoms with Crippen LogP contribution >= 0.6 is 11.8 Å². The Morgan fingerprint density at radius 2 is 2.03 bits per heavy atom. The van der Waals surface area contributed by atoms with Crippen molar-refractivity contribution in [3.8, 4) is 0 Å². The molecule has 0 spiro atoms. The van der Waals surface area contributed by atoms with E-state index < -0.39 is 5.91 Å². The first-order valence-corrected chi connectivity index (χ1v) is 10.4. The van der Waals surface area contributed by atoms with Crippen molar-refractivity contribution in [2.75, 3.05) is 0 Å². The highest BCUT2D eigenvalue weighted by Gasteiger charge is 2.36. The van der Waals surface area contributed by atoms with Crippen LogP contribution in [0.25, 0.3) is 6.08 Å². The number of fused-ring (bicyclic) bond motifs is 1. The highest BCUT2D eigenvalue weighted by molar-refractivity contribution is 8.27. The lowest BCUT2D eigenvalue weighted by Crippen LogP contribution is -2.35. The zero-order chi connectivity index (χ0) is 21.5. The van der Waals surface area contributed by atoms with Crippen molar-refractivity contribution in [2.45, 2.75) is 20.4 Å². The maximum atomic E-state index is 12.7. The Morgan fingerprint density at radius 3 is 2.77 bits per heavy atom. The number of aliphatic imine (C=N–C) groups is 1. The van der Waals surface area contributed by atoms with Crippen molar-refractivity contribution in [3.05, 3.63) is 82.8 Å². The lowest BCUT2D eigenvalue weighted by atomic mass is 10.1. The average Bonchev–Trinajstić information content (AvgIpc) is 3.49. The number of rotatable bonds is 4. The van der Waals surface area contributed by atoms with Gasteiger partial charge in [-0.25, -0.2) is 0 Å². The van der Waals surface area contributed by atoms with Crippen molar-refractivity contribution < 1.29 is 9.21 Å². The van der Waals surface area contributed by atoms with Crippen molar-refractivity contribution in [3.63, 3.8) is 0 Å². The molecule has 3 aromatic rings. The quantitative estimate of drug-likeness (QED) is 0.635. The van der Waals surface area contributed by atoms with Crippen LogP contribution in [0.3, 0.4) is 0 Å². The molecule has 5 heterocycles. The number of carbonyl (C=O) groups is 1. The summed E-state index contributed by atoms with van der Waals surface area (Å²) in [5.74, 6) is 0.428. The Labute approximate surface area is 182 Å². The molecule has 0 atom stereocenters. The standard InChI is InChI=1S/C22H18N6O2S/c1-13-10-16(14(2)27(13)12-17-4-3-9-30-17)11-18-19(23)28-22(25-20(18)29)31-21(26-28)15-5-7-24-8-6-15/h3-11,23H,12H2,1-2H3/b18-11-,23-19?. The lowest BCUT2D eigenvalue weighted by Gasteiger charge is -2.20. The van der Waals surface area contributed by atoms with E-state index >= 15 is 0 Å². The van der Waals surface area contributed by atoms with Crippen LogP contribution in [0.5, 0.6) is 0 Å². The molecular weight excluding hydrogens is 412 g/mol. The maximum absolute atomic E-state index is 12.7. The summed E-state index contributed by atoms with van der Waals surface area (Å²) in [5.41, 5.74) is 3.95. The number of amides is 1. The molecule has 0 saturated carbocycles. The van der Waals surface area contributed by atoms with Crippen molar-refractivity contribution in [1.82, 2.24) is 14.6 Å². The fourth-order valence-electron chi connectivity index (χ4n) is 3.53. The van der Waals surface area contributed by atoms with Gasteiger partial charge >= 0.3 is 0 Å². The fourth-order valence-corrected chi connectivity index (χ4v) is 4.43. The smallest absolute Gasteiger partial charge is 0.283 e. The number of nitrogens with zero attached hydrogens (tertiary/aromatic N) is 5. The van der Waals surface area contributed by atoms with Crippen LogP contribution in [0, 0.1) is 19.3 Å². The molecule has 0 radical (unpaired) electrons. The third-order valence-corrected chi connectivity index (χ3v) is 6.15. The molecule has 0 aromatic carbocycles. The number of furan rings is 1. The zero-order valence-electron chi connectivity index (χ0n) is 16.9. The van der Waals surface area contributed by atoms with Gasteiger partial charge in [0.05, 0.1) is 18.4 Å². The summed E-state index contributed by atoms with van der Waals surface area (Å²) in [4.78, 5) is 20.9. The Hall–Kier alpha value is -3.72. The van der Waals surface area contributed by atoms with Gasteiger partial charge in [-0.2, -0.15) is 15.1 Å². The van der Waals surface area contributed by atoms with E-state index in [9.17, 15) is 4.79 Å². The van der Waals surface area contributed by atoms with E-state index in [-0.39, 0.29) is 11.4 Å². The predicted molar refractivity (Wildman–Crippen MR) is 120 cm³/mol. The topological polar surface area (TPSA) is 99.8 Å². The van der Waals surface area contributed by atoms with Gasteiger partial charge in [-0.1, -0.05) is 0 Å². The van der Waals surface area contributed by atoms with Crippen LogP contribution < -0.4 is 0 Å². The monoisotopic (exact) mass is 430 g/mol. The van der Waals surface area contributed by atoms with Crippen molar-refractivity contribution in [1.29, 1.82) is 5.41 Å². The first kappa shape index (κ1) is 19.3. The van der Waals surface area contributed by atoms with Crippen LogP contribution in [0.1, 0.15) is 28.3 Å².